The van der Waals surface area contributed by atoms with Crippen molar-refractivity contribution < 1.29 is 13.9 Å². The quantitative estimate of drug-likeness (QED) is 0.812. The first-order valence-electron chi connectivity index (χ1n) is 5.91. The molecule has 0 aliphatic heterocycles. The van der Waals surface area contributed by atoms with Crippen molar-refractivity contribution in [3.63, 3.8) is 0 Å². The van der Waals surface area contributed by atoms with Crippen LogP contribution in [-0.4, -0.2) is 24.1 Å². The average Bonchev–Trinajstić information content (AvgIpc) is 2.69. The first-order chi connectivity index (χ1) is 8.69. The number of carbonyl (C=O) groups excluding carboxylic acids is 1. The molecule has 0 aliphatic carbocycles. The second kappa shape index (κ2) is 5.64. The number of esters is 1. The summed E-state index contributed by atoms with van der Waals surface area (Å²) >= 11 is 0. The molecule has 0 saturated carbocycles. The van der Waals surface area contributed by atoms with Crippen LogP contribution in [0.15, 0.2) is 22.6 Å². The molecule has 1 aromatic heterocycles. The number of benzene rings is 1. The van der Waals surface area contributed by atoms with E-state index in [1.807, 2.05) is 25.1 Å². The maximum Gasteiger partial charge on any atom is 0.307 e. The number of aryl methyl sites for hydroxylation is 1. The van der Waals surface area contributed by atoms with Crippen LogP contribution in [0.25, 0.3) is 11.1 Å². The van der Waals surface area contributed by atoms with E-state index in [1.54, 1.807) is 0 Å². The number of fused-ring (bicyclic) bond motifs is 1. The monoisotopic (exact) mass is 248 g/mol. The molecule has 0 bridgehead atoms. The fourth-order valence-corrected chi connectivity index (χ4v) is 1.71. The molecular weight excluding hydrogens is 232 g/mol. The van der Waals surface area contributed by atoms with E-state index in [0.29, 0.717) is 25.5 Å². The number of carbonyl (C=O) groups is 1. The van der Waals surface area contributed by atoms with Gasteiger partial charge in [-0.3, -0.25) is 4.79 Å². The minimum Gasteiger partial charge on any atom is -0.465 e. The minimum absolute atomic E-state index is 0.255. The number of oxazole rings is 1. The van der Waals surface area contributed by atoms with Gasteiger partial charge in [0, 0.05) is 19.9 Å². The van der Waals surface area contributed by atoms with Crippen molar-refractivity contribution in [1.82, 2.24) is 4.98 Å². The van der Waals surface area contributed by atoms with Gasteiger partial charge in [-0.05, 0) is 17.7 Å². The number of nitrogens with zero attached hydrogens (tertiary/aromatic N) is 1. The van der Waals surface area contributed by atoms with Crippen LogP contribution in [0.2, 0.25) is 0 Å². The molecule has 0 radical (unpaired) electrons. The van der Waals surface area contributed by atoms with Crippen molar-refractivity contribution >= 4 is 17.1 Å². The van der Waals surface area contributed by atoms with Gasteiger partial charge < -0.3 is 14.9 Å². The van der Waals surface area contributed by atoms with E-state index in [4.69, 9.17) is 14.9 Å². The molecule has 2 aromatic rings. The smallest absolute Gasteiger partial charge is 0.307 e. The normalized spacial score (nSPS) is 10.8. The Morgan fingerprint density at radius 1 is 1.50 bits per heavy atom. The van der Waals surface area contributed by atoms with Gasteiger partial charge in [0.2, 0.25) is 0 Å². The summed E-state index contributed by atoms with van der Waals surface area (Å²) in [6.45, 7) is 2.49. The number of ether oxygens (including phenoxy) is 1. The Balaban J connectivity index is 1.93. The van der Waals surface area contributed by atoms with Gasteiger partial charge >= 0.3 is 5.97 Å². The van der Waals surface area contributed by atoms with Crippen molar-refractivity contribution in [2.45, 2.75) is 19.8 Å². The molecule has 0 unspecified atom stereocenters. The highest BCUT2D eigenvalue weighted by Crippen LogP contribution is 2.17. The lowest BCUT2D eigenvalue weighted by Crippen LogP contribution is -2.12. The van der Waals surface area contributed by atoms with Crippen LogP contribution in [0.1, 0.15) is 17.9 Å². The van der Waals surface area contributed by atoms with Crippen molar-refractivity contribution in [3.05, 3.63) is 29.7 Å². The van der Waals surface area contributed by atoms with Gasteiger partial charge in [-0.25, -0.2) is 4.98 Å². The number of rotatable bonds is 5. The van der Waals surface area contributed by atoms with E-state index in [-0.39, 0.29) is 12.4 Å². The topological polar surface area (TPSA) is 78.3 Å². The van der Waals surface area contributed by atoms with Crippen LogP contribution in [-0.2, 0) is 16.0 Å². The Kier molecular flexibility index (Phi) is 3.94. The predicted octanol–water partition coefficient (Wildman–Crippen LogP) is 1.57. The summed E-state index contributed by atoms with van der Waals surface area (Å²) in [7, 11) is 0. The Bertz CT molecular complexity index is 548. The highest BCUT2D eigenvalue weighted by molar-refractivity contribution is 5.73. The number of hydrogen-bond acceptors (Lipinski definition) is 5. The van der Waals surface area contributed by atoms with Gasteiger partial charge in [0.05, 0.1) is 13.0 Å². The molecule has 2 rings (SSSR count). The fourth-order valence-electron chi connectivity index (χ4n) is 1.71. The summed E-state index contributed by atoms with van der Waals surface area (Å²) < 4.78 is 10.5. The summed E-state index contributed by atoms with van der Waals surface area (Å²) in [6, 6.07) is 5.79. The van der Waals surface area contributed by atoms with Gasteiger partial charge in [-0.1, -0.05) is 6.07 Å². The molecule has 0 amide bonds. The Labute approximate surface area is 105 Å². The van der Waals surface area contributed by atoms with Crippen LogP contribution in [0.3, 0.4) is 0 Å². The van der Waals surface area contributed by atoms with E-state index >= 15 is 0 Å². The molecule has 0 atom stereocenters. The second-order valence-electron chi connectivity index (χ2n) is 4.04. The Morgan fingerprint density at radius 3 is 3.11 bits per heavy atom. The maximum absolute atomic E-state index is 11.1. The molecule has 1 aromatic carbocycles. The SMILES string of the molecule is Cc1nc2ccc(CCOC(=O)CCN)cc2o1. The van der Waals surface area contributed by atoms with Crippen molar-refractivity contribution in [2.24, 2.45) is 5.73 Å². The number of aromatic nitrogens is 1. The molecule has 5 heteroatoms. The van der Waals surface area contributed by atoms with Crippen molar-refractivity contribution in [2.75, 3.05) is 13.2 Å². The van der Waals surface area contributed by atoms with Crippen LogP contribution < -0.4 is 5.73 Å². The Morgan fingerprint density at radius 2 is 2.33 bits per heavy atom. The van der Waals surface area contributed by atoms with Crippen LogP contribution in [0.4, 0.5) is 0 Å². The van der Waals surface area contributed by atoms with E-state index in [9.17, 15) is 4.79 Å². The molecule has 0 fully saturated rings. The van der Waals surface area contributed by atoms with Crippen LogP contribution >= 0.6 is 0 Å². The van der Waals surface area contributed by atoms with Gasteiger partial charge in [0.1, 0.15) is 5.52 Å². The summed E-state index contributed by atoms with van der Waals surface area (Å²) in [5.41, 5.74) is 7.92. The summed E-state index contributed by atoms with van der Waals surface area (Å²) in [4.78, 5) is 15.3. The first kappa shape index (κ1) is 12.6. The van der Waals surface area contributed by atoms with Crippen LogP contribution in [0, 0.1) is 6.92 Å². The lowest BCUT2D eigenvalue weighted by molar-refractivity contribution is -0.143. The number of nitrogens with two attached hydrogens (primary N) is 1. The van der Waals surface area contributed by atoms with Crippen molar-refractivity contribution in [3.8, 4) is 0 Å². The minimum atomic E-state index is -0.255. The molecule has 5 nitrogen and oxygen atoms in total. The van der Waals surface area contributed by atoms with E-state index in [1.165, 1.54) is 0 Å². The molecular formula is C13H16N2O3. The lowest BCUT2D eigenvalue weighted by Gasteiger charge is -2.03. The van der Waals surface area contributed by atoms with E-state index < -0.39 is 0 Å². The zero-order valence-electron chi connectivity index (χ0n) is 10.3. The van der Waals surface area contributed by atoms with Gasteiger partial charge in [-0.2, -0.15) is 0 Å². The second-order valence-corrected chi connectivity index (χ2v) is 4.04. The zero-order chi connectivity index (χ0) is 13.0. The predicted molar refractivity (Wildman–Crippen MR) is 67.1 cm³/mol. The molecule has 0 aliphatic rings. The molecule has 1 heterocycles. The maximum atomic E-state index is 11.1. The molecule has 0 spiro atoms. The first-order valence-corrected chi connectivity index (χ1v) is 5.91. The van der Waals surface area contributed by atoms with Crippen molar-refractivity contribution in [1.29, 1.82) is 0 Å². The van der Waals surface area contributed by atoms with Gasteiger partial charge in [0.25, 0.3) is 0 Å². The highest BCUT2D eigenvalue weighted by atomic mass is 16.5. The molecule has 18 heavy (non-hydrogen) atoms. The van der Waals surface area contributed by atoms with Gasteiger partial charge in [-0.15, -0.1) is 0 Å². The van der Waals surface area contributed by atoms with Gasteiger partial charge in [0.15, 0.2) is 11.5 Å². The summed E-state index contributed by atoms with van der Waals surface area (Å²) in [5.74, 6) is 0.394. The third-order valence-electron chi connectivity index (χ3n) is 2.56. The largest absolute Gasteiger partial charge is 0.465 e. The zero-order valence-corrected chi connectivity index (χ0v) is 10.3. The fraction of sp³-hybridized carbons (Fsp3) is 0.385. The molecule has 2 N–H and O–H groups in total. The number of hydrogen-bond donors (Lipinski definition) is 1. The molecule has 0 saturated heterocycles. The highest BCUT2D eigenvalue weighted by Gasteiger charge is 2.04. The van der Waals surface area contributed by atoms with E-state index in [0.717, 1.165) is 16.7 Å². The summed E-state index contributed by atoms with van der Waals surface area (Å²) in [5, 5.41) is 0. The Hall–Kier alpha value is -1.88. The van der Waals surface area contributed by atoms with E-state index in [2.05, 4.69) is 4.98 Å². The average molecular weight is 248 g/mol. The lowest BCUT2D eigenvalue weighted by atomic mass is 10.1. The standard InChI is InChI=1S/C13H16N2O3/c1-9-15-11-3-2-10(8-12(11)18-9)5-7-17-13(16)4-6-14/h2-3,8H,4-7,14H2,1H3. The molecule has 96 valence electrons. The third kappa shape index (κ3) is 3.07. The van der Waals surface area contributed by atoms with Crippen LogP contribution in [0.5, 0.6) is 0 Å². The third-order valence-corrected chi connectivity index (χ3v) is 2.56. The summed E-state index contributed by atoms with van der Waals surface area (Å²) in [6.07, 6.45) is 0.923.